The molecule has 160 valence electrons. The minimum absolute atomic E-state index is 0.0767. The van der Waals surface area contributed by atoms with E-state index in [2.05, 4.69) is 21.4 Å². The Morgan fingerprint density at radius 1 is 1.32 bits per heavy atom. The SMILES string of the molecule is COC(=O)c1c(NC(=O)c2nc(SCc3cccc(C)c3)ncc2Cl)sc2c1CCC2. The number of fused-ring (bicyclic) bond motifs is 1. The van der Waals surface area contributed by atoms with E-state index in [1.807, 2.05) is 25.1 Å². The van der Waals surface area contributed by atoms with Gasteiger partial charge in [-0.3, -0.25) is 4.79 Å². The molecule has 0 spiro atoms. The van der Waals surface area contributed by atoms with E-state index in [1.54, 1.807) is 0 Å². The fraction of sp³-hybridized carbons (Fsp3) is 0.273. The number of nitrogens with one attached hydrogen (secondary N) is 1. The third-order valence-electron chi connectivity index (χ3n) is 4.93. The first-order valence-corrected chi connectivity index (χ1v) is 11.9. The van der Waals surface area contributed by atoms with Crippen LogP contribution in [0.25, 0.3) is 0 Å². The Kier molecular flexibility index (Phi) is 6.60. The van der Waals surface area contributed by atoms with Crippen LogP contribution in [0.1, 0.15) is 48.8 Å². The molecule has 1 aliphatic rings. The first-order chi connectivity index (χ1) is 15.0. The second kappa shape index (κ2) is 9.38. The van der Waals surface area contributed by atoms with Gasteiger partial charge in [-0.15, -0.1) is 11.3 Å². The molecule has 3 aromatic rings. The quantitative estimate of drug-likeness (QED) is 0.296. The average Bonchev–Trinajstić information content (AvgIpc) is 3.33. The van der Waals surface area contributed by atoms with Crippen LogP contribution in [0.4, 0.5) is 5.00 Å². The van der Waals surface area contributed by atoms with E-state index in [-0.39, 0.29) is 10.7 Å². The van der Waals surface area contributed by atoms with Crippen LogP contribution in [-0.4, -0.2) is 29.0 Å². The highest BCUT2D eigenvalue weighted by atomic mass is 35.5. The number of benzene rings is 1. The van der Waals surface area contributed by atoms with Crippen LogP contribution in [0, 0.1) is 6.92 Å². The molecule has 0 saturated heterocycles. The van der Waals surface area contributed by atoms with Crippen molar-refractivity contribution in [1.29, 1.82) is 0 Å². The molecular weight excluding hydrogens is 454 g/mol. The Morgan fingerprint density at radius 2 is 2.16 bits per heavy atom. The zero-order chi connectivity index (χ0) is 22.0. The summed E-state index contributed by atoms with van der Waals surface area (Å²) < 4.78 is 4.93. The van der Waals surface area contributed by atoms with Crippen molar-refractivity contribution < 1.29 is 14.3 Å². The van der Waals surface area contributed by atoms with Crippen molar-refractivity contribution in [2.24, 2.45) is 0 Å². The zero-order valence-electron chi connectivity index (χ0n) is 17.0. The third kappa shape index (κ3) is 4.76. The van der Waals surface area contributed by atoms with E-state index in [1.165, 1.54) is 42.0 Å². The molecule has 1 aromatic carbocycles. The molecule has 0 radical (unpaired) electrons. The number of nitrogens with zero attached hydrogens (tertiary/aromatic N) is 2. The molecule has 0 unspecified atom stereocenters. The molecule has 0 fully saturated rings. The first kappa shape index (κ1) is 21.8. The van der Waals surface area contributed by atoms with Crippen LogP contribution >= 0.6 is 34.7 Å². The maximum absolute atomic E-state index is 13.0. The Labute approximate surface area is 193 Å². The number of esters is 1. The third-order valence-corrected chi connectivity index (χ3v) is 7.34. The molecule has 9 heteroatoms. The number of carbonyl (C=O) groups excluding carboxylic acids is 2. The highest BCUT2D eigenvalue weighted by molar-refractivity contribution is 7.98. The average molecular weight is 474 g/mol. The number of halogens is 1. The van der Waals surface area contributed by atoms with Crippen molar-refractivity contribution in [2.45, 2.75) is 37.1 Å². The van der Waals surface area contributed by atoms with Crippen LogP contribution in [0.2, 0.25) is 5.02 Å². The van der Waals surface area contributed by atoms with E-state index >= 15 is 0 Å². The van der Waals surface area contributed by atoms with E-state index in [9.17, 15) is 9.59 Å². The van der Waals surface area contributed by atoms with Gasteiger partial charge < -0.3 is 10.1 Å². The molecule has 0 bridgehead atoms. The summed E-state index contributed by atoms with van der Waals surface area (Å²) in [5.74, 6) is -0.248. The molecule has 0 aliphatic heterocycles. The number of methoxy groups -OCH3 is 1. The van der Waals surface area contributed by atoms with Gasteiger partial charge in [-0.1, -0.05) is 53.2 Å². The molecule has 1 amide bonds. The summed E-state index contributed by atoms with van der Waals surface area (Å²) in [6.07, 6.45) is 4.13. The van der Waals surface area contributed by atoms with Gasteiger partial charge in [0.2, 0.25) is 0 Å². The number of thioether (sulfide) groups is 1. The highest BCUT2D eigenvalue weighted by Gasteiger charge is 2.28. The Balaban J connectivity index is 1.54. The van der Waals surface area contributed by atoms with Crippen LogP contribution in [0.3, 0.4) is 0 Å². The van der Waals surface area contributed by atoms with Gasteiger partial charge in [0.05, 0.1) is 23.9 Å². The maximum Gasteiger partial charge on any atom is 0.341 e. The summed E-state index contributed by atoms with van der Waals surface area (Å²) in [5.41, 5.74) is 3.81. The van der Waals surface area contributed by atoms with Crippen LogP contribution in [0.5, 0.6) is 0 Å². The molecular formula is C22H20ClN3O3S2. The van der Waals surface area contributed by atoms with Crippen molar-refractivity contribution in [1.82, 2.24) is 9.97 Å². The predicted octanol–water partition coefficient (Wildman–Crippen LogP) is 5.32. The fourth-order valence-electron chi connectivity index (χ4n) is 3.50. The van der Waals surface area contributed by atoms with Gasteiger partial charge in [-0.25, -0.2) is 14.8 Å². The van der Waals surface area contributed by atoms with E-state index in [4.69, 9.17) is 16.3 Å². The zero-order valence-corrected chi connectivity index (χ0v) is 19.4. The number of aromatic nitrogens is 2. The minimum atomic E-state index is -0.477. The summed E-state index contributed by atoms with van der Waals surface area (Å²) >= 11 is 9.05. The van der Waals surface area contributed by atoms with Gasteiger partial charge in [0.15, 0.2) is 10.9 Å². The Hall–Kier alpha value is -2.42. The lowest BCUT2D eigenvalue weighted by molar-refractivity contribution is 0.0601. The van der Waals surface area contributed by atoms with Crippen LogP contribution in [-0.2, 0) is 23.3 Å². The molecule has 2 aromatic heterocycles. The number of ether oxygens (including phenoxy) is 1. The molecule has 6 nitrogen and oxygen atoms in total. The number of aryl methyl sites for hydroxylation is 2. The summed E-state index contributed by atoms with van der Waals surface area (Å²) in [6.45, 7) is 2.04. The Bertz CT molecular complexity index is 1160. The number of rotatable bonds is 6. The molecule has 2 heterocycles. The number of hydrogen-bond donors (Lipinski definition) is 1. The van der Waals surface area contributed by atoms with Crippen molar-refractivity contribution in [3.8, 4) is 0 Å². The summed E-state index contributed by atoms with van der Waals surface area (Å²) in [4.78, 5) is 35.0. The number of hydrogen-bond acceptors (Lipinski definition) is 7. The highest BCUT2D eigenvalue weighted by Crippen LogP contribution is 2.39. The molecule has 0 saturated carbocycles. The van der Waals surface area contributed by atoms with Gasteiger partial charge in [-0.2, -0.15) is 0 Å². The lowest BCUT2D eigenvalue weighted by Crippen LogP contribution is -2.17. The van der Waals surface area contributed by atoms with E-state index < -0.39 is 11.9 Å². The Morgan fingerprint density at radius 3 is 2.94 bits per heavy atom. The molecule has 31 heavy (non-hydrogen) atoms. The van der Waals surface area contributed by atoms with Gasteiger partial charge in [0.1, 0.15) is 5.00 Å². The predicted molar refractivity (Wildman–Crippen MR) is 123 cm³/mol. The van der Waals surface area contributed by atoms with Crippen molar-refractivity contribution in [3.05, 3.63) is 68.3 Å². The molecule has 4 rings (SSSR count). The van der Waals surface area contributed by atoms with Crippen molar-refractivity contribution >= 4 is 51.6 Å². The molecule has 1 aliphatic carbocycles. The number of carbonyl (C=O) groups is 2. The van der Waals surface area contributed by atoms with Gasteiger partial charge in [-0.05, 0) is 37.3 Å². The van der Waals surface area contributed by atoms with Crippen LogP contribution in [0.15, 0.2) is 35.6 Å². The normalized spacial score (nSPS) is 12.5. The minimum Gasteiger partial charge on any atom is -0.465 e. The van der Waals surface area contributed by atoms with Gasteiger partial charge >= 0.3 is 5.97 Å². The van der Waals surface area contributed by atoms with Crippen LogP contribution < -0.4 is 5.32 Å². The maximum atomic E-state index is 13.0. The monoisotopic (exact) mass is 473 g/mol. The van der Waals surface area contributed by atoms with E-state index in [0.29, 0.717) is 21.5 Å². The smallest absolute Gasteiger partial charge is 0.341 e. The number of amides is 1. The summed E-state index contributed by atoms with van der Waals surface area (Å²) in [7, 11) is 1.34. The summed E-state index contributed by atoms with van der Waals surface area (Å²) in [5, 5.41) is 3.90. The van der Waals surface area contributed by atoms with Crippen molar-refractivity contribution in [2.75, 3.05) is 12.4 Å². The topological polar surface area (TPSA) is 81.2 Å². The molecule has 0 atom stereocenters. The largest absolute Gasteiger partial charge is 0.465 e. The van der Waals surface area contributed by atoms with Gasteiger partial charge in [0.25, 0.3) is 5.91 Å². The number of thiophene rings is 1. The second-order valence-corrected chi connectivity index (χ2v) is 9.59. The standard InChI is InChI=1S/C22H20ClN3O3S2/c1-12-5-3-6-13(9-12)11-30-22-24-10-15(23)18(25-22)19(27)26-20-17(21(28)29-2)14-7-4-8-16(14)31-20/h3,5-6,9-10H,4,7-8,11H2,1-2H3,(H,26,27). The lowest BCUT2D eigenvalue weighted by atomic mass is 10.1. The summed E-state index contributed by atoms with van der Waals surface area (Å²) in [6, 6.07) is 8.18. The number of anilines is 1. The first-order valence-electron chi connectivity index (χ1n) is 9.71. The molecule has 1 N–H and O–H groups in total. The van der Waals surface area contributed by atoms with E-state index in [0.717, 1.165) is 35.3 Å². The fourth-order valence-corrected chi connectivity index (χ4v) is 5.71. The van der Waals surface area contributed by atoms with Crippen molar-refractivity contribution in [3.63, 3.8) is 0 Å². The second-order valence-electron chi connectivity index (χ2n) is 7.13. The van der Waals surface area contributed by atoms with Gasteiger partial charge in [0, 0.05) is 10.6 Å². The lowest BCUT2D eigenvalue weighted by Gasteiger charge is -2.09.